The van der Waals surface area contributed by atoms with Crippen molar-refractivity contribution < 1.29 is 14.3 Å². The molecule has 1 saturated carbocycles. The number of amides is 1. The molecule has 1 spiro atoms. The zero-order valence-electron chi connectivity index (χ0n) is 16.6. The van der Waals surface area contributed by atoms with Crippen LogP contribution >= 0.6 is 0 Å². The minimum Gasteiger partial charge on any atom is -0.486 e. The molecule has 3 heterocycles. The Morgan fingerprint density at radius 2 is 1.93 bits per heavy atom. The fraction of sp³-hybridized carbons (Fsp3) is 0.545. The van der Waals surface area contributed by atoms with Crippen molar-refractivity contribution in [2.75, 3.05) is 19.8 Å². The molecular formula is C22H27N3O3. The maximum Gasteiger partial charge on any atom is 0.257 e. The third-order valence-corrected chi connectivity index (χ3v) is 6.70. The minimum atomic E-state index is -0.00507. The number of rotatable bonds is 2. The number of fused-ring (bicyclic) bond motifs is 3. The molecule has 3 aliphatic rings. The molecule has 0 N–H and O–H groups in total. The smallest absolute Gasteiger partial charge is 0.257 e. The van der Waals surface area contributed by atoms with Crippen LogP contribution in [-0.4, -0.2) is 40.3 Å². The Morgan fingerprint density at radius 1 is 1.21 bits per heavy atom. The lowest BCUT2D eigenvalue weighted by atomic mass is 9.71. The van der Waals surface area contributed by atoms with Gasteiger partial charge in [0.2, 0.25) is 0 Å². The number of ether oxygens (including phenoxy) is 2. The molecule has 2 aromatic rings. The third kappa shape index (κ3) is 2.61. The zero-order valence-corrected chi connectivity index (χ0v) is 16.6. The van der Waals surface area contributed by atoms with Crippen molar-refractivity contribution in [2.45, 2.75) is 57.5 Å². The lowest BCUT2D eigenvalue weighted by Crippen LogP contribution is -2.48. The molecule has 1 aliphatic carbocycles. The third-order valence-electron chi connectivity index (χ3n) is 6.70. The van der Waals surface area contributed by atoms with Crippen molar-refractivity contribution >= 4 is 5.91 Å². The summed E-state index contributed by atoms with van der Waals surface area (Å²) in [5.41, 5.74) is 3.25. The first-order valence-electron chi connectivity index (χ1n) is 10.4. The number of hydrogen-bond donors (Lipinski definition) is 0. The molecule has 28 heavy (non-hydrogen) atoms. The first-order valence-corrected chi connectivity index (χ1v) is 10.4. The van der Waals surface area contributed by atoms with E-state index in [2.05, 4.69) is 24.2 Å². The van der Waals surface area contributed by atoms with Gasteiger partial charge in [0.1, 0.15) is 13.2 Å². The summed E-state index contributed by atoms with van der Waals surface area (Å²) in [6.07, 6.45) is 8.19. The van der Waals surface area contributed by atoms with Gasteiger partial charge >= 0.3 is 0 Å². The Morgan fingerprint density at radius 3 is 2.61 bits per heavy atom. The standard InChI is InChI=1S/C22H27N3O3/c1-3-24-13-16(12-23-24)21(26)25-14-22(6-4-5-7-22)18-11-20-19(27-8-9-28-20)10-17(18)15(25)2/h10-13,15H,3-9,14H2,1-2H3. The van der Waals surface area contributed by atoms with E-state index in [1.165, 1.54) is 24.0 Å². The maximum absolute atomic E-state index is 13.4. The van der Waals surface area contributed by atoms with Crippen molar-refractivity contribution in [3.63, 3.8) is 0 Å². The summed E-state index contributed by atoms with van der Waals surface area (Å²) in [6.45, 7) is 6.85. The predicted molar refractivity (Wildman–Crippen MR) is 105 cm³/mol. The van der Waals surface area contributed by atoms with Crippen molar-refractivity contribution in [1.82, 2.24) is 14.7 Å². The monoisotopic (exact) mass is 381 g/mol. The van der Waals surface area contributed by atoms with Crippen LogP contribution in [0.4, 0.5) is 0 Å². The number of benzene rings is 1. The van der Waals surface area contributed by atoms with Gasteiger partial charge in [-0.1, -0.05) is 12.8 Å². The molecule has 148 valence electrons. The molecule has 0 saturated heterocycles. The summed E-state index contributed by atoms with van der Waals surface area (Å²) in [4.78, 5) is 15.4. The van der Waals surface area contributed by atoms with Crippen molar-refractivity contribution in [3.8, 4) is 11.5 Å². The van der Waals surface area contributed by atoms with Crippen LogP contribution in [0.1, 0.15) is 67.1 Å². The molecule has 0 bridgehead atoms. The van der Waals surface area contributed by atoms with Gasteiger partial charge in [0, 0.05) is 24.7 Å². The number of aromatic nitrogens is 2. The fourth-order valence-corrected chi connectivity index (χ4v) is 5.17. The SMILES string of the molecule is CCn1cc(C(=O)N2CC3(CCCC3)c3cc4c(cc3C2C)OCCO4)cn1. The Hall–Kier alpha value is -2.50. The van der Waals surface area contributed by atoms with Crippen LogP contribution < -0.4 is 9.47 Å². The second kappa shape index (κ2) is 6.54. The van der Waals surface area contributed by atoms with Crippen LogP contribution in [0.3, 0.4) is 0 Å². The molecule has 1 atom stereocenters. The highest BCUT2D eigenvalue weighted by Gasteiger charge is 2.46. The predicted octanol–water partition coefficient (Wildman–Crippen LogP) is 3.70. The van der Waals surface area contributed by atoms with Gasteiger partial charge in [-0.25, -0.2) is 0 Å². The second-order valence-corrected chi connectivity index (χ2v) is 8.26. The largest absolute Gasteiger partial charge is 0.486 e. The summed E-state index contributed by atoms with van der Waals surface area (Å²) in [5.74, 6) is 1.73. The highest BCUT2D eigenvalue weighted by molar-refractivity contribution is 5.94. The van der Waals surface area contributed by atoms with E-state index in [1.54, 1.807) is 6.20 Å². The zero-order chi connectivity index (χ0) is 19.3. The Labute approximate surface area is 165 Å². The van der Waals surface area contributed by atoms with E-state index in [4.69, 9.17) is 9.47 Å². The molecule has 1 aromatic heterocycles. The molecule has 1 amide bonds. The molecule has 1 fully saturated rings. The van der Waals surface area contributed by atoms with Gasteiger partial charge in [0.05, 0.1) is 17.8 Å². The number of carbonyl (C=O) groups is 1. The van der Waals surface area contributed by atoms with Crippen LogP contribution in [0.5, 0.6) is 11.5 Å². The van der Waals surface area contributed by atoms with Crippen molar-refractivity contribution in [1.29, 1.82) is 0 Å². The normalized spacial score (nSPS) is 22.4. The van der Waals surface area contributed by atoms with E-state index in [1.807, 2.05) is 22.7 Å². The first-order chi connectivity index (χ1) is 13.6. The van der Waals surface area contributed by atoms with E-state index >= 15 is 0 Å². The summed E-state index contributed by atoms with van der Waals surface area (Å²) in [6, 6.07) is 4.31. The molecule has 1 unspecified atom stereocenters. The van der Waals surface area contributed by atoms with Gasteiger partial charge < -0.3 is 14.4 Å². The van der Waals surface area contributed by atoms with Gasteiger partial charge in [-0.2, -0.15) is 5.10 Å². The minimum absolute atomic E-state index is 0.00507. The first kappa shape index (κ1) is 17.6. The second-order valence-electron chi connectivity index (χ2n) is 8.26. The van der Waals surface area contributed by atoms with Crippen LogP contribution in [-0.2, 0) is 12.0 Å². The Balaban J connectivity index is 1.58. The molecule has 2 aliphatic heterocycles. The van der Waals surface area contributed by atoms with Crippen LogP contribution in [0.25, 0.3) is 0 Å². The number of aryl methyl sites for hydroxylation is 1. The molecule has 1 aromatic carbocycles. The van der Waals surface area contributed by atoms with Gasteiger partial charge in [0.15, 0.2) is 11.5 Å². The molecule has 5 rings (SSSR count). The highest BCUT2D eigenvalue weighted by atomic mass is 16.6. The van der Waals surface area contributed by atoms with Crippen molar-refractivity contribution in [2.24, 2.45) is 0 Å². The van der Waals surface area contributed by atoms with E-state index < -0.39 is 0 Å². The van der Waals surface area contributed by atoms with E-state index in [0.29, 0.717) is 18.8 Å². The number of nitrogens with zero attached hydrogens (tertiary/aromatic N) is 3. The molecule has 6 nitrogen and oxygen atoms in total. The van der Waals surface area contributed by atoms with E-state index in [0.717, 1.165) is 37.4 Å². The average molecular weight is 381 g/mol. The quantitative estimate of drug-likeness (QED) is 0.796. The molecular weight excluding hydrogens is 354 g/mol. The summed E-state index contributed by atoms with van der Waals surface area (Å²) in [7, 11) is 0. The van der Waals surface area contributed by atoms with Crippen LogP contribution in [0.15, 0.2) is 24.5 Å². The van der Waals surface area contributed by atoms with Gasteiger partial charge in [0.25, 0.3) is 5.91 Å². The van der Waals surface area contributed by atoms with E-state index in [-0.39, 0.29) is 17.4 Å². The topological polar surface area (TPSA) is 56.6 Å². The maximum atomic E-state index is 13.4. The molecule has 6 heteroatoms. The Bertz CT molecular complexity index is 914. The lowest BCUT2D eigenvalue weighted by molar-refractivity contribution is 0.0593. The Kier molecular flexibility index (Phi) is 4.11. The van der Waals surface area contributed by atoms with E-state index in [9.17, 15) is 4.79 Å². The number of carbonyl (C=O) groups excluding carboxylic acids is 1. The summed E-state index contributed by atoms with van der Waals surface area (Å²) >= 11 is 0. The summed E-state index contributed by atoms with van der Waals surface area (Å²) in [5, 5.41) is 4.30. The summed E-state index contributed by atoms with van der Waals surface area (Å²) < 4.78 is 13.5. The van der Waals surface area contributed by atoms with Gasteiger partial charge in [-0.3, -0.25) is 9.48 Å². The molecule has 0 radical (unpaired) electrons. The van der Waals surface area contributed by atoms with Gasteiger partial charge in [-0.15, -0.1) is 0 Å². The van der Waals surface area contributed by atoms with Crippen molar-refractivity contribution in [3.05, 3.63) is 41.2 Å². The average Bonchev–Trinajstić information content (AvgIpc) is 3.39. The van der Waals surface area contributed by atoms with Crippen LogP contribution in [0.2, 0.25) is 0 Å². The lowest BCUT2D eigenvalue weighted by Gasteiger charge is -2.46. The van der Waals surface area contributed by atoms with Gasteiger partial charge in [-0.05, 0) is 49.9 Å². The number of hydrogen-bond acceptors (Lipinski definition) is 4. The fourth-order valence-electron chi connectivity index (χ4n) is 5.17. The van der Waals surface area contributed by atoms with Crippen LogP contribution in [0, 0.1) is 0 Å². The highest BCUT2D eigenvalue weighted by Crippen LogP contribution is 2.52.